The van der Waals surface area contributed by atoms with Gasteiger partial charge in [-0.1, -0.05) is 6.92 Å². The van der Waals surface area contributed by atoms with Crippen molar-refractivity contribution in [3.8, 4) is 0 Å². The van der Waals surface area contributed by atoms with Crippen molar-refractivity contribution < 1.29 is 111 Å². The molecule has 6 atom stereocenters. The average molecular weight is 1350 g/mol. The highest BCUT2D eigenvalue weighted by Gasteiger charge is 2.75. The molecule has 5 unspecified atom stereocenters. The number of Topliss-reactive ketones (excluding diaryl/α,β-unsaturated/α-hetero) is 1. The molecule has 0 aromatic rings. The highest BCUT2D eigenvalue weighted by molar-refractivity contribution is 6.33. The Morgan fingerprint density at radius 2 is 0.726 bits per heavy atom. The lowest BCUT2D eigenvalue weighted by atomic mass is 9.86. The molecule has 0 aliphatic carbocycles. The molecule has 21 fully saturated rings. The third-order valence-electron chi connectivity index (χ3n) is 13.9. The summed E-state index contributed by atoms with van der Waals surface area (Å²) in [6.45, 7) is 8.47. The van der Waals surface area contributed by atoms with Crippen molar-refractivity contribution in [1.82, 2.24) is 112 Å². The molecule has 0 aromatic carbocycles. The maximum absolute atomic E-state index is 11.5. The van der Waals surface area contributed by atoms with Crippen LogP contribution in [0.4, 0.5) is 0 Å². The van der Waals surface area contributed by atoms with Gasteiger partial charge in [-0.3, -0.25) is 111 Å². The minimum Gasteiger partial charge on any atom is -0.870 e. The summed E-state index contributed by atoms with van der Waals surface area (Å²) >= 11 is 0. The third kappa shape index (κ3) is 22.9. The van der Waals surface area contributed by atoms with Gasteiger partial charge in [-0.15, -0.1) is 0 Å². The molecule has 0 aromatic heterocycles. The first-order chi connectivity index (χ1) is 44.1. The monoisotopic (exact) mass is 1340 g/mol. The number of β-lactam (4-membered cyclic amide) rings is 3. The van der Waals surface area contributed by atoms with E-state index < -0.39 is 46.3 Å². The number of primary amides is 1. The number of ketones is 1. The molecule has 516 valence electrons. The van der Waals surface area contributed by atoms with Crippen LogP contribution < -0.4 is 123 Å². The minimum absolute atomic E-state index is 0. The number of carbonyl (C=O) groups excluding carboxylic acids is 22. The van der Waals surface area contributed by atoms with Gasteiger partial charge in [-0.2, -0.15) is 0 Å². The fraction of sp³-hybridized carbons (Fsp3) is 0.551. The zero-order valence-corrected chi connectivity index (χ0v) is 49.8. The van der Waals surface area contributed by atoms with Gasteiger partial charge in [0.25, 0.3) is 64.2 Å². The van der Waals surface area contributed by atoms with E-state index in [0.717, 1.165) is 32.4 Å². The number of hydrogen-bond donors (Lipinski definition) is 23. The van der Waals surface area contributed by atoms with Crippen LogP contribution in [0.2, 0.25) is 0 Å². The second-order valence-electron chi connectivity index (χ2n) is 22.4. The zero-order chi connectivity index (χ0) is 69.3. The zero-order valence-electron chi connectivity index (χ0n) is 49.8. The van der Waals surface area contributed by atoms with Gasteiger partial charge in [0.2, 0.25) is 82.5 Å². The second kappa shape index (κ2) is 28.9. The van der Waals surface area contributed by atoms with Gasteiger partial charge in [0.15, 0.2) is 11.4 Å². The first-order valence-corrected chi connectivity index (χ1v) is 28.4. The number of rotatable bonds is 2. The first-order valence-electron chi connectivity index (χ1n) is 28.4. The molecule has 95 heavy (non-hydrogen) atoms. The maximum atomic E-state index is 11.5. The van der Waals surface area contributed by atoms with E-state index in [1.165, 1.54) is 0 Å². The molecule has 21 aliphatic heterocycles. The third-order valence-corrected chi connectivity index (χ3v) is 13.9. The summed E-state index contributed by atoms with van der Waals surface area (Å²) < 4.78 is 0. The summed E-state index contributed by atoms with van der Waals surface area (Å²) in [5.41, 5.74) is 5.98. The number of hydrogen-bond acceptors (Lipinski definition) is 25. The molecular formula is C49H66N23O23-. The van der Waals surface area contributed by atoms with Crippen LogP contribution in [-0.4, -0.2) is 247 Å². The molecule has 0 radical (unpaired) electrons. The fourth-order valence-electron chi connectivity index (χ4n) is 6.97. The standard InChI is InChI=1S/C7H10N4O3.C6H8N2O2.C5H9NO.C4H4N2O2.C4H7NO.3C3H2N2O2.7C2H3NO.H2O/c8-3(12)1-2-4(13)5(9)7(10-2)6(14)11-7;9-4-1-6(3-7-4)2-5(10)8-6;7-5-3-1-2-4-6-5;7-2-1-4(5-2)3(8)6-4;1-3-2-5-4(3)6;3*6-1-3(4-1)2(7)5-3;7*4-2-1-3-2;/h2,5,10H,1,9H2,(H2,8,12)(H,11,14);1-3H2,(H,7,9)(H,8,10);1-4H2,(H,6,7);1H2,(H,5,7)(H,6,8);3H,2H2,1H3,(H,5,6);3*(H,4,6)(H,5,7);7*1H2,(H,3,4);1H2/p-1/t2-,5?,7?;;;;;;;;;;;;;;;/m0.............../s1. The van der Waals surface area contributed by atoms with Crippen molar-refractivity contribution in [2.45, 2.75) is 97.8 Å². The van der Waals surface area contributed by atoms with Gasteiger partial charge >= 0.3 is 0 Å². The summed E-state index contributed by atoms with van der Waals surface area (Å²) in [4.78, 5) is 222. The van der Waals surface area contributed by atoms with Crippen LogP contribution in [-0.2, 0) is 105 Å². The van der Waals surface area contributed by atoms with Gasteiger partial charge < -0.3 is 123 Å². The largest absolute Gasteiger partial charge is 0.870 e. The lowest BCUT2D eigenvalue weighted by molar-refractivity contribution is -0.133. The molecule has 46 nitrogen and oxygen atoms in total. The molecule has 26 N–H and O–H groups in total. The van der Waals surface area contributed by atoms with E-state index in [2.05, 4.69) is 112 Å². The van der Waals surface area contributed by atoms with E-state index in [1.54, 1.807) is 0 Å². The quantitative estimate of drug-likeness (QED) is 0.0693. The topological polar surface area (TPSA) is 859 Å². The Bertz CT molecular complexity index is 3000. The number of carbonyl (C=O) groups is 22. The lowest BCUT2D eigenvalue weighted by Crippen LogP contribution is -2.62. The van der Waals surface area contributed by atoms with Crippen LogP contribution in [0.15, 0.2) is 0 Å². The smallest absolute Gasteiger partial charge is 0.279 e. The molecule has 21 heterocycles. The molecule has 21 amide bonds. The summed E-state index contributed by atoms with van der Waals surface area (Å²) in [5.74, 6) is -0.621. The summed E-state index contributed by atoms with van der Waals surface area (Å²) in [5, 5.41) is 52.0. The maximum Gasteiger partial charge on any atom is 0.279 e. The van der Waals surface area contributed by atoms with Crippen LogP contribution in [0.5, 0.6) is 0 Å². The van der Waals surface area contributed by atoms with Gasteiger partial charge in [0.05, 0.1) is 82.6 Å². The van der Waals surface area contributed by atoms with Crippen LogP contribution in [0.1, 0.15) is 51.9 Å². The van der Waals surface area contributed by atoms with Crippen LogP contribution in [0.3, 0.4) is 0 Å². The lowest BCUT2D eigenvalue weighted by Gasteiger charge is -2.36. The second-order valence-corrected chi connectivity index (χ2v) is 22.4. The predicted molar refractivity (Wildman–Crippen MR) is 300 cm³/mol. The summed E-state index contributed by atoms with van der Waals surface area (Å²) in [7, 11) is 0. The Labute approximate surface area is 531 Å². The Hall–Kier alpha value is -11.6. The SMILES string of the molecule is CC1CNC1=O.NC(=O)C[C@@H]1NC2(NC2=O)C(N)C1=O.O=C1CC2(CN1)CC(=O)N2.O=C1CC2(N1)NC2=O.O=C1CCCCN1.O=C1CN1.O=C1CN1.O=C1CN1.O=C1CN1.O=C1CN1.O=C1CN1.O=C1CN1.O=C1NC12NC2=O.O=C1NC12NC2=O.O=C1NC12NC2=O.[OH-]. The van der Waals surface area contributed by atoms with Gasteiger partial charge in [-0.25, -0.2) is 0 Å². The van der Waals surface area contributed by atoms with E-state index in [-0.39, 0.29) is 147 Å². The Kier molecular flexibility index (Phi) is 22.1. The number of nitrogens with one attached hydrogen (secondary N) is 21. The van der Waals surface area contributed by atoms with Crippen molar-refractivity contribution in [2.24, 2.45) is 17.4 Å². The van der Waals surface area contributed by atoms with Crippen LogP contribution in [0.25, 0.3) is 0 Å². The summed E-state index contributed by atoms with van der Waals surface area (Å²) in [6.07, 6.45) is 4.12. The van der Waals surface area contributed by atoms with E-state index in [0.29, 0.717) is 71.6 Å². The molecule has 0 saturated carbocycles. The van der Waals surface area contributed by atoms with Crippen LogP contribution in [0, 0.1) is 5.92 Å². The molecule has 6 spiro atoms. The summed E-state index contributed by atoms with van der Waals surface area (Å²) in [6, 6.07) is -1.68. The highest BCUT2D eigenvalue weighted by Crippen LogP contribution is 2.30. The molecular weight excluding hydrogens is 1280 g/mol. The average Bonchev–Trinajstić information content (AvgIpc) is 1.55. The molecule has 0 bridgehead atoms. The number of nitrogens with two attached hydrogens (primary N) is 2. The Morgan fingerprint density at radius 1 is 0.411 bits per heavy atom. The van der Waals surface area contributed by atoms with Gasteiger partial charge in [0, 0.05) is 32.5 Å². The first kappa shape index (κ1) is 72.5. The van der Waals surface area contributed by atoms with E-state index in [1.807, 2.05) is 6.92 Å². The number of amides is 21. The highest BCUT2D eigenvalue weighted by atomic mass is 16.2. The van der Waals surface area contributed by atoms with Gasteiger partial charge in [-0.05, 0) is 12.8 Å². The minimum atomic E-state index is -1.13. The number of piperidine rings is 1. The van der Waals surface area contributed by atoms with Crippen molar-refractivity contribution >= 4 is 130 Å². The van der Waals surface area contributed by atoms with E-state index in [9.17, 15) is 105 Å². The molecule has 21 aliphatic rings. The van der Waals surface area contributed by atoms with Gasteiger partial charge in [0.1, 0.15) is 6.04 Å². The normalized spacial score (nSPS) is 29.0. The Morgan fingerprint density at radius 3 is 0.853 bits per heavy atom. The van der Waals surface area contributed by atoms with Crippen molar-refractivity contribution in [3.05, 3.63) is 0 Å². The molecule has 46 heteroatoms. The predicted octanol–water partition coefficient (Wildman–Crippen LogP) is -18.8. The van der Waals surface area contributed by atoms with Crippen molar-refractivity contribution in [1.29, 1.82) is 0 Å². The van der Waals surface area contributed by atoms with Crippen LogP contribution >= 0.6 is 0 Å². The molecule has 21 rings (SSSR count). The van der Waals surface area contributed by atoms with Crippen molar-refractivity contribution in [2.75, 3.05) is 65.4 Å². The van der Waals surface area contributed by atoms with E-state index in [4.69, 9.17) is 11.5 Å². The molecule has 21 saturated heterocycles. The van der Waals surface area contributed by atoms with E-state index >= 15 is 0 Å². The Balaban J connectivity index is 0.000000164. The fourth-order valence-corrected chi connectivity index (χ4v) is 6.97. The van der Waals surface area contributed by atoms with Crippen molar-refractivity contribution in [3.63, 3.8) is 0 Å².